The molecule has 6 heteroatoms. The van der Waals surface area contributed by atoms with Gasteiger partial charge in [-0.1, -0.05) is 0 Å². The predicted octanol–water partition coefficient (Wildman–Crippen LogP) is 1.10. The third-order valence-corrected chi connectivity index (χ3v) is 3.33. The van der Waals surface area contributed by atoms with Crippen LogP contribution in [0.2, 0.25) is 0 Å². The van der Waals surface area contributed by atoms with Gasteiger partial charge in [-0.05, 0) is 31.5 Å². The number of hydrogen-bond donors (Lipinski definition) is 2. The summed E-state index contributed by atoms with van der Waals surface area (Å²) >= 11 is 0. The van der Waals surface area contributed by atoms with Gasteiger partial charge in [-0.2, -0.15) is 0 Å². The minimum atomic E-state index is -0.181. The zero-order valence-corrected chi connectivity index (χ0v) is 12.3. The van der Waals surface area contributed by atoms with Gasteiger partial charge in [0, 0.05) is 24.6 Å². The van der Waals surface area contributed by atoms with Crippen LogP contribution in [0, 0.1) is 0 Å². The standard InChI is InChI=1S/C15H20N2O4/c1-3-21-13-8-10(4-6-12(13)20-2)15(19)17-11-5-7-14(18)16-9-11/h4,6,8,11H,3,5,7,9H2,1-2H3,(H,16,18)(H,17,19). The molecule has 0 aromatic heterocycles. The van der Waals surface area contributed by atoms with Crippen LogP contribution in [0.25, 0.3) is 0 Å². The van der Waals surface area contributed by atoms with Gasteiger partial charge in [0.15, 0.2) is 11.5 Å². The number of methoxy groups -OCH3 is 1. The number of carbonyl (C=O) groups is 2. The molecule has 2 rings (SSSR count). The number of amides is 2. The van der Waals surface area contributed by atoms with Crippen molar-refractivity contribution in [3.05, 3.63) is 23.8 Å². The van der Waals surface area contributed by atoms with Crippen molar-refractivity contribution >= 4 is 11.8 Å². The topological polar surface area (TPSA) is 76.7 Å². The summed E-state index contributed by atoms with van der Waals surface area (Å²) in [7, 11) is 1.56. The molecule has 0 radical (unpaired) electrons. The minimum absolute atomic E-state index is 0.0311. The van der Waals surface area contributed by atoms with Crippen molar-refractivity contribution in [1.82, 2.24) is 10.6 Å². The SMILES string of the molecule is CCOc1cc(C(=O)NC2CCC(=O)NC2)ccc1OC. The summed E-state index contributed by atoms with van der Waals surface area (Å²) in [6.07, 6.45) is 1.10. The van der Waals surface area contributed by atoms with E-state index < -0.39 is 0 Å². The normalized spacial score (nSPS) is 17.8. The van der Waals surface area contributed by atoms with Crippen molar-refractivity contribution in [2.45, 2.75) is 25.8 Å². The Morgan fingerprint density at radius 3 is 2.86 bits per heavy atom. The van der Waals surface area contributed by atoms with Crippen molar-refractivity contribution in [2.75, 3.05) is 20.3 Å². The molecule has 6 nitrogen and oxygen atoms in total. The van der Waals surface area contributed by atoms with Crippen molar-refractivity contribution < 1.29 is 19.1 Å². The van der Waals surface area contributed by atoms with E-state index in [1.165, 1.54) is 0 Å². The molecule has 0 aliphatic carbocycles. The van der Waals surface area contributed by atoms with Crippen LogP contribution in [0.1, 0.15) is 30.1 Å². The molecule has 1 aliphatic heterocycles. The van der Waals surface area contributed by atoms with E-state index in [0.717, 1.165) is 0 Å². The molecule has 1 atom stereocenters. The molecule has 1 aromatic carbocycles. The summed E-state index contributed by atoms with van der Waals surface area (Å²) in [5.41, 5.74) is 0.510. The van der Waals surface area contributed by atoms with Gasteiger partial charge < -0.3 is 20.1 Å². The number of nitrogens with one attached hydrogen (secondary N) is 2. The molecule has 2 amide bonds. The Kier molecular flexibility index (Phi) is 5.03. The Balaban J connectivity index is 2.04. The molecule has 1 saturated heterocycles. The van der Waals surface area contributed by atoms with Gasteiger partial charge in [-0.25, -0.2) is 0 Å². The molecular formula is C15H20N2O4. The lowest BCUT2D eigenvalue weighted by atomic mass is 10.1. The highest BCUT2D eigenvalue weighted by Crippen LogP contribution is 2.28. The molecule has 114 valence electrons. The molecule has 1 heterocycles. The largest absolute Gasteiger partial charge is 0.493 e. The Bertz CT molecular complexity index is 520. The predicted molar refractivity (Wildman–Crippen MR) is 77.7 cm³/mol. The average Bonchev–Trinajstić information content (AvgIpc) is 2.50. The van der Waals surface area contributed by atoms with E-state index in [1.807, 2.05) is 6.92 Å². The first-order chi connectivity index (χ1) is 10.1. The highest BCUT2D eigenvalue weighted by atomic mass is 16.5. The van der Waals surface area contributed by atoms with Gasteiger partial charge >= 0.3 is 0 Å². The van der Waals surface area contributed by atoms with E-state index in [1.54, 1.807) is 25.3 Å². The molecular weight excluding hydrogens is 272 g/mol. The molecule has 2 N–H and O–H groups in total. The first-order valence-electron chi connectivity index (χ1n) is 7.02. The quantitative estimate of drug-likeness (QED) is 0.852. The zero-order valence-electron chi connectivity index (χ0n) is 12.3. The first kappa shape index (κ1) is 15.2. The average molecular weight is 292 g/mol. The van der Waals surface area contributed by atoms with Gasteiger partial charge in [0.1, 0.15) is 0 Å². The van der Waals surface area contributed by atoms with Crippen molar-refractivity contribution in [1.29, 1.82) is 0 Å². The number of carbonyl (C=O) groups excluding carboxylic acids is 2. The smallest absolute Gasteiger partial charge is 0.251 e. The van der Waals surface area contributed by atoms with Crippen LogP contribution < -0.4 is 20.1 Å². The fourth-order valence-electron chi connectivity index (χ4n) is 2.21. The summed E-state index contributed by atoms with van der Waals surface area (Å²) in [5, 5.41) is 5.65. The molecule has 1 unspecified atom stereocenters. The summed E-state index contributed by atoms with van der Waals surface area (Å²) in [5.74, 6) is 0.992. The van der Waals surface area contributed by atoms with Gasteiger partial charge in [-0.3, -0.25) is 9.59 Å². The molecule has 0 spiro atoms. The van der Waals surface area contributed by atoms with Crippen LogP contribution in [-0.4, -0.2) is 38.1 Å². The molecule has 0 bridgehead atoms. The van der Waals surface area contributed by atoms with E-state index in [2.05, 4.69) is 10.6 Å². The lowest BCUT2D eigenvalue weighted by Gasteiger charge is -2.23. The third kappa shape index (κ3) is 3.87. The van der Waals surface area contributed by atoms with Crippen LogP contribution >= 0.6 is 0 Å². The molecule has 21 heavy (non-hydrogen) atoms. The fraction of sp³-hybridized carbons (Fsp3) is 0.467. The molecule has 1 fully saturated rings. The number of piperidine rings is 1. The summed E-state index contributed by atoms with van der Waals surface area (Å²) < 4.78 is 10.7. The highest BCUT2D eigenvalue weighted by Gasteiger charge is 2.20. The van der Waals surface area contributed by atoms with Gasteiger partial charge in [0.2, 0.25) is 5.91 Å². The van der Waals surface area contributed by atoms with Gasteiger partial charge in [0.05, 0.1) is 13.7 Å². The fourth-order valence-corrected chi connectivity index (χ4v) is 2.21. The summed E-state index contributed by atoms with van der Waals surface area (Å²) in [6.45, 7) is 2.84. The maximum absolute atomic E-state index is 12.2. The summed E-state index contributed by atoms with van der Waals surface area (Å²) in [6, 6.07) is 5.03. The second-order valence-corrected chi connectivity index (χ2v) is 4.81. The van der Waals surface area contributed by atoms with E-state index in [4.69, 9.17) is 9.47 Å². The zero-order chi connectivity index (χ0) is 15.2. The Morgan fingerprint density at radius 1 is 1.43 bits per heavy atom. The summed E-state index contributed by atoms with van der Waals surface area (Å²) in [4.78, 5) is 23.3. The Morgan fingerprint density at radius 2 is 2.24 bits per heavy atom. The van der Waals surface area contributed by atoms with Crippen molar-refractivity contribution in [2.24, 2.45) is 0 Å². The maximum atomic E-state index is 12.2. The minimum Gasteiger partial charge on any atom is -0.493 e. The first-order valence-corrected chi connectivity index (χ1v) is 7.02. The second kappa shape index (κ2) is 6.97. The molecule has 1 aromatic rings. The van der Waals surface area contributed by atoms with Crippen LogP contribution in [0.4, 0.5) is 0 Å². The molecule has 0 saturated carbocycles. The highest BCUT2D eigenvalue weighted by molar-refractivity contribution is 5.95. The number of hydrogen-bond acceptors (Lipinski definition) is 4. The van der Waals surface area contributed by atoms with Crippen molar-refractivity contribution in [3.8, 4) is 11.5 Å². The van der Waals surface area contributed by atoms with E-state index >= 15 is 0 Å². The number of benzene rings is 1. The van der Waals surface area contributed by atoms with Crippen molar-refractivity contribution in [3.63, 3.8) is 0 Å². The lowest BCUT2D eigenvalue weighted by molar-refractivity contribution is -0.122. The maximum Gasteiger partial charge on any atom is 0.251 e. The van der Waals surface area contributed by atoms with Crippen LogP contribution in [-0.2, 0) is 4.79 Å². The van der Waals surface area contributed by atoms with E-state index in [0.29, 0.717) is 43.1 Å². The van der Waals surface area contributed by atoms with E-state index in [-0.39, 0.29) is 17.9 Å². The van der Waals surface area contributed by atoms with Crippen LogP contribution in [0.15, 0.2) is 18.2 Å². The Labute approximate surface area is 123 Å². The monoisotopic (exact) mass is 292 g/mol. The lowest BCUT2D eigenvalue weighted by Crippen LogP contribution is -2.47. The number of rotatable bonds is 5. The van der Waals surface area contributed by atoms with Gasteiger partial charge in [0.25, 0.3) is 5.91 Å². The van der Waals surface area contributed by atoms with Crippen LogP contribution in [0.3, 0.4) is 0 Å². The third-order valence-electron chi connectivity index (χ3n) is 3.33. The molecule has 1 aliphatic rings. The Hall–Kier alpha value is -2.24. The van der Waals surface area contributed by atoms with Crippen LogP contribution in [0.5, 0.6) is 11.5 Å². The number of ether oxygens (including phenoxy) is 2. The van der Waals surface area contributed by atoms with Gasteiger partial charge in [-0.15, -0.1) is 0 Å². The second-order valence-electron chi connectivity index (χ2n) is 4.81. The van der Waals surface area contributed by atoms with E-state index in [9.17, 15) is 9.59 Å².